The van der Waals surface area contributed by atoms with Crippen LogP contribution in [0, 0.1) is 6.92 Å². The predicted octanol–water partition coefficient (Wildman–Crippen LogP) is 5.24. The molecule has 0 aliphatic heterocycles. The molecule has 0 fully saturated rings. The van der Waals surface area contributed by atoms with E-state index in [-0.39, 0.29) is 15.9 Å². The van der Waals surface area contributed by atoms with E-state index in [1.54, 1.807) is 60.0 Å². The van der Waals surface area contributed by atoms with E-state index in [4.69, 9.17) is 11.6 Å². The van der Waals surface area contributed by atoms with Gasteiger partial charge in [0.1, 0.15) is 4.21 Å². The largest absolute Gasteiger partial charge is 0.325 e. The summed E-state index contributed by atoms with van der Waals surface area (Å²) in [6.45, 7) is 1.85. The Morgan fingerprint density at radius 1 is 1.11 bits per heavy atom. The van der Waals surface area contributed by atoms with Crippen molar-refractivity contribution in [2.24, 2.45) is 0 Å². The van der Waals surface area contributed by atoms with Crippen LogP contribution in [0.1, 0.15) is 5.56 Å². The van der Waals surface area contributed by atoms with Crippen LogP contribution in [0.25, 0.3) is 0 Å². The lowest BCUT2D eigenvalue weighted by atomic mass is 10.2. The number of hydrogen-bond donors (Lipinski definition) is 2. The normalized spacial score (nSPS) is 11.2. The van der Waals surface area contributed by atoms with E-state index in [1.807, 2.05) is 6.92 Å². The maximum atomic E-state index is 12.2. The van der Waals surface area contributed by atoms with Crippen LogP contribution in [0.5, 0.6) is 0 Å². The quantitative estimate of drug-likeness (QED) is 0.480. The molecule has 5 nitrogen and oxygen atoms in total. The van der Waals surface area contributed by atoms with Crippen LogP contribution < -0.4 is 10.0 Å². The number of halogens is 1. The number of hydrogen-bond acceptors (Lipinski definition) is 5. The molecule has 9 heteroatoms. The van der Waals surface area contributed by atoms with Crippen molar-refractivity contribution < 1.29 is 13.2 Å². The standard InChI is InChI=1S/C19H17ClN2O3S3/c1-13-16(20)4-2-5-17(13)21-18(23)12-27-15-9-7-14(8-10-15)22-28(24,25)19-6-3-11-26-19/h2-11,22H,12H2,1H3,(H,21,23). The lowest BCUT2D eigenvalue weighted by Gasteiger charge is -2.10. The topological polar surface area (TPSA) is 75.3 Å². The number of rotatable bonds is 7. The van der Waals surface area contributed by atoms with Gasteiger partial charge in [0.05, 0.1) is 5.75 Å². The van der Waals surface area contributed by atoms with Gasteiger partial charge in [-0.3, -0.25) is 9.52 Å². The number of carbonyl (C=O) groups is 1. The summed E-state index contributed by atoms with van der Waals surface area (Å²) < 4.78 is 27.2. The minimum Gasteiger partial charge on any atom is -0.325 e. The van der Waals surface area contributed by atoms with Gasteiger partial charge in [-0.1, -0.05) is 23.7 Å². The lowest BCUT2D eigenvalue weighted by Crippen LogP contribution is -2.14. The first-order chi connectivity index (χ1) is 13.3. The molecule has 146 valence electrons. The second-order valence-electron chi connectivity index (χ2n) is 5.81. The Morgan fingerprint density at radius 2 is 1.86 bits per heavy atom. The van der Waals surface area contributed by atoms with E-state index in [0.29, 0.717) is 16.4 Å². The smallest absolute Gasteiger partial charge is 0.271 e. The molecule has 28 heavy (non-hydrogen) atoms. The lowest BCUT2D eigenvalue weighted by molar-refractivity contribution is -0.113. The number of anilines is 2. The zero-order valence-electron chi connectivity index (χ0n) is 14.8. The Bertz CT molecular complexity index is 1070. The van der Waals surface area contributed by atoms with E-state index in [9.17, 15) is 13.2 Å². The third kappa shape index (κ3) is 5.29. The van der Waals surface area contributed by atoms with Gasteiger partial charge in [0, 0.05) is 21.3 Å². The van der Waals surface area contributed by atoms with Gasteiger partial charge in [-0.05, 0) is 60.3 Å². The summed E-state index contributed by atoms with van der Waals surface area (Å²) in [6.07, 6.45) is 0. The number of sulfonamides is 1. The zero-order chi connectivity index (χ0) is 20.1. The van der Waals surface area contributed by atoms with Crippen LogP contribution in [0.4, 0.5) is 11.4 Å². The minimum atomic E-state index is -3.56. The fraction of sp³-hybridized carbons (Fsp3) is 0.105. The third-order valence-corrected chi connectivity index (χ3v) is 7.98. The zero-order valence-corrected chi connectivity index (χ0v) is 18.0. The Hall–Kier alpha value is -2.00. The second-order valence-corrected chi connectivity index (χ2v) is 10.1. The summed E-state index contributed by atoms with van der Waals surface area (Å²) in [5, 5.41) is 5.16. The van der Waals surface area contributed by atoms with Crippen molar-refractivity contribution in [1.29, 1.82) is 0 Å². The molecule has 0 atom stereocenters. The second kappa shape index (κ2) is 9.00. The average molecular weight is 453 g/mol. The van der Waals surface area contributed by atoms with Gasteiger partial charge in [-0.2, -0.15) is 0 Å². The van der Waals surface area contributed by atoms with Gasteiger partial charge >= 0.3 is 0 Å². The number of thiophene rings is 1. The third-order valence-electron chi connectivity index (χ3n) is 3.78. The Kier molecular flexibility index (Phi) is 6.66. The Balaban J connectivity index is 1.56. The van der Waals surface area contributed by atoms with Gasteiger partial charge in [-0.15, -0.1) is 23.1 Å². The van der Waals surface area contributed by atoms with Crippen LogP contribution in [-0.2, 0) is 14.8 Å². The van der Waals surface area contributed by atoms with Crippen LogP contribution in [0.15, 0.2) is 69.1 Å². The molecular formula is C19H17ClN2O3S3. The van der Waals surface area contributed by atoms with Crippen LogP contribution >= 0.6 is 34.7 Å². The average Bonchev–Trinajstić information content (AvgIpc) is 3.21. The van der Waals surface area contributed by atoms with E-state index in [1.165, 1.54) is 11.8 Å². The van der Waals surface area contributed by atoms with Gasteiger partial charge in [-0.25, -0.2) is 8.42 Å². The van der Waals surface area contributed by atoms with Gasteiger partial charge in [0.2, 0.25) is 5.91 Å². The fourth-order valence-electron chi connectivity index (χ4n) is 2.32. The van der Waals surface area contributed by atoms with Crippen molar-refractivity contribution in [3.63, 3.8) is 0 Å². The molecular weight excluding hydrogens is 436 g/mol. The van der Waals surface area contributed by atoms with E-state index >= 15 is 0 Å². The molecule has 2 N–H and O–H groups in total. The molecule has 0 saturated heterocycles. The first-order valence-corrected chi connectivity index (χ1v) is 11.9. The molecule has 2 aromatic carbocycles. The summed E-state index contributed by atoms with van der Waals surface area (Å²) in [7, 11) is -3.56. The number of benzene rings is 2. The minimum absolute atomic E-state index is 0.141. The number of nitrogens with one attached hydrogen (secondary N) is 2. The molecule has 0 radical (unpaired) electrons. The van der Waals surface area contributed by atoms with Gasteiger partial charge in [0.15, 0.2) is 0 Å². The predicted molar refractivity (Wildman–Crippen MR) is 117 cm³/mol. The van der Waals surface area contributed by atoms with Gasteiger partial charge in [0.25, 0.3) is 10.0 Å². The highest BCUT2D eigenvalue weighted by molar-refractivity contribution is 8.00. The summed E-state index contributed by atoms with van der Waals surface area (Å²) in [6, 6.07) is 15.5. The summed E-state index contributed by atoms with van der Waals surface area (Å²) >= 11 is 8.58. The van der Waals surface area contributed by atoms with E-state index < -0.39 is 10.0 Å². The van der Waals surface area contributed by atoms with E-state index in [0.717, 1.165) is 21.8 Å². The van der Waals surface area contributed by atoms with Crippen LogP contribution in [-0.4, -0.2) is 20.1 Å². The Labute approximate surface area is 177 Å². The fourth-order valence-corrected chi connectivity index (χ4v) is 5.24. The van der Waals surface area contributed by atoms with Crippen LogP contribution in [0.2, 0.25) is 5.02 Å². The molecule has 0 bridgehead atoms. The maximum absolute atomic E-state index is 12.2. The summed E-state index contributed by atoms with van der Waals surface area (Å²) in [5.74, 6) is 0.0875. The van der Waals surface area contributed by atoms with Crippen molar-refractivity contribution in [3.8, 4) is 0 Å². The van der Waals surface area contributed by atoms with E-state index in [2.05, 4.69) is 10.0 Å². The molecule has 0 saturated carbocycles. The highest BCUT2D eigenvalue weighted by Crippen LogP contribution is 2.25. The summed E-state index contributed by atoms with van der Waals surface area (Å²) in [4.78, 5) is 13.0. The molecule has 3 rings (SSSR count). The van der Waals surface area contributed by atoms with Crippen molar-refractivity contribution in [3.05, 3.63) is 70.6 Å². The highest BCUT2D eigenvalue weighted by Gasteiger charge is 2.15. The molecule has 0 unspecified atom stereocenters. The summed E-state index contributed by atoms with van der Waals surface area (Å²) in [5.41, 5.74) is 1.98. The molecule has 0 aliphatic rings. The van der Waals surface area contributed by atoms with Crippen molar-refractivity contribution in [2.75, 3.05) is 15.8 Å². The molecule has 0 aliphatic carbocycles. The first kappa shape index (κ1) is 20.7. The number of amides is 1. The van der Waals surface area contributed by atoms with Crippen LogP contribution in [0.3, 0.4) is 0 Å². The molecule has 0 spiro atoms. The Morgan fingerprint density at radius 3 is 2.54 bits per heavy atom. The molecule has 3 aromatic rings. The van der Waals surface area contributed by atoms with Crippen molar-refractivity contribution >= 4 is 62.0 Å². The number of thioether (sulfide) groups is 1. The van der Waals surface area contributed by atoms with Crippen molar-refractivity contribution in [2.45, 2.75) is 16.0 Å². The molecule has 1 amide bonds. The molecule has 1 heterocycles. The SMILES string of the molecule is Cc1c(Cl)cccc1NC(=O)CSc1ccc(NS(=O)(=O)c2cccs2)cc1. The monoisotopic (exact) mass is 452 g/mol. The highest BCUT2D eigenvalue weighted by atomic mass is 35.5. The van der Waals surface area contributed by atoms with Gasteiger partial charge < -0.3 is 5.32 Å². The number of carbonyl (C=O) groups excluding carboxylic acids is 1. The first-order valence-electron chi connectivity index (χ1n) is 8.19. The maximum Gasteiger partial charge on any atom is 0.271 e. The molecule has 1 aromatic heterocycles. The van der Waals surface area contributed by atoms with Crippen molar-refractivity contribution in [1.82, 2.24) is 0 Å².